The zero-order chi connectivity index (χ0) is 21.6. The molecule has 5 heteroatoms. The molecule has 1 saturated heterocycles. The molecule has 0 aliphatic carbocycles. The van der Waals surface area contributed by atoms with E-state index in [2.05, 4.69) is 6.07 Å². The number of morpholine rings is 1. The molecule has 2 aliphatic rings. The van der Waals surface area contributed by atoms with Gasteiger partial charge in [-0.15, -0.1) is 0 Å². The van der Waals surface area contributed by atoms with E-state index in [1.165, 1.54) is 4.90 Å². The van der Waals surface area contributed by atoms with E-state index >= 15 is 0 Å². The van der Waals surface area contributed by atoms with Crippen molar-refractivity contribution in [2.75, 3.05) is 18.0 Å². The molecule has 156 valence electrons. The fourth-order valence-corrected chi connectivity index (χ4v) is 4.51. The molecule has 30 heavy (non-hydrogen) atoms. The van der Waals surface area contributed by atoms with Gasteiger partial charge in [-0.1, -0.05) is 35.9 Å². The number of benzene rings is 2. The molecule has 0 radical (unpaired) electrons. The number of amides is 2. The van der Waals surface area contributed by atoms with Crippen LogP contribution in [0.4, 0.5) is 5.69 Å². The summed E-state index contributed by atoms with van der Waals surface area (Å²) in [5.41, 5.74) is 5.51. The Hall–Kier alpha value is -2.92. The standard InChI is InChI=1S/C25H28N2O3/c1-15-7-6-8-20(12-15)27-24(28)22(21-10-9-16(2)11-17(21)3)23(25(27)29)26-13-18(4)30-19(5)14-26/h6-12,18-19H,13-14H2,1-5H3. The van der Waals surface area contributed by atoms with Gasteiger partial charge in [0.25, 0.3) is 11.8 Å². The first kappa shape index (κ1) is 20.4. The molecule has 5 nitrogen and oxygen atoms in total. The van der Waals surface area contributed by atoms with Crippen LogP contribution in [0.5, 0.6) is 0 Å². The highest BCUT2D eigenvalue weighted by Crippen LogP contribution is 2.37. The van der Waals surface area contributed by atoms with Gasteiger partial charge in [-0.3, -0.25) is 9.59 Å². The van der Waals surface area contributed by atoms with Crippen molar-refractivity contribution in [3.8, 4) is 0 Å². The smallest absolute Gasteiger partial charge is 0.282 e. The third-order valence-electron chi connectivity index (χ3n) is 5.71. The molecule has 2 amide bonds. The molecule has 2 atom stereocenters. The van der Waals surface area contributed by atoms with Crippen LogP contribution in [-0.4, -0.2) is 42.0 Å². The maximum Gasteiger partial charge on any atom is 0.282 e. The summed E-state index contributed by atoms with van der Waals surface area (Å²) in [7, 11) is 0. The van der Waals surface area contributed by atoms with Gasteiger partial charge in [0.05, 0.1) is 23.5 Å². The molecule has 2 aromatic rings. The van der Waals surface area contributed by atoms with Crippen molar-refractivity contribution in [1.29, 1.82) is 0 Å². The minimum absolute atomic E-state index is 0.0162. The van der Waals surface area contributed by atoms with E-state index in [4.69, 9.17) is 4.74 Å². The summed E-state index contributed by atoms with van der Waals surface area (Å²) >= 11 is 0. The van der Waals surface area contributed by atoms with Crippen LogP contribution in [-0.2, 0) is 14.3 Å². The Bertz CT molecular complexity index is 1050. The number of carbonyl (C=O) groups is 2. The monoisotopic (exact) mass is 404 g/mol. The number of anilines is 1. The number of ether oxygens (including phenoxy) is 1. The lowest BCUT2D eigenvalue weighted by atomic mass is 9.97. The fourth-order valence-electron chi connectivity index (χ4n) is 4.51. The summed E-state index contributed by atoms with van der Waals surface area (Å²) in [5.74, 6) is -0.527. The normalized spacial score (nSPS) is 22.3. The highest BCUT2D eigenvalue weighted by molar-refractivity contribution is 6.45. The van der Waals surface area contributed by atoms with Crippen LogP contribution < -0.4 is 4.90 Å². The molecule has 2 heterocycles. The summed E-state index contributed by atoms with van der Waals surface area (Å²) < 4.78 is 5.87. The van der Waals surface area contributed by atoms with Gasteiger partial charge in [-0.2, -0.15) is 0 Å². The van der Waals surface area contributed by atoms with Gasteiger partial charge in [0.15, 0.2) is 0 Å². The third kappa shape index (κ3) is 3.54. The van der Waals surface area contributed by atoms with Crippen molar-refractivity contribution >= 4 is 23.1 Å². The lowest BCUT2D eigenvalue weighted by Gasteiger charge is -2.37. The van der Waals surface area contributed by atoms with Gasteiger partial charge in [0, 0.05) is 13.1 Å². The molecule has 2 aliphatic heterocycles. The molecule has 2 unspecified atom stereocenters. The fraction of sp³-hybridized carbons (Fsp3) is 0.360. The van der Waals surface area contributed by atoms with Crippen LogP contribution >= 0.6 is 0 Å². The second-order valence-corrected chi connectivity index (χ2v) is 8.49. The predicted octanol–water partition coefficient (Wildman–Crippen LogP) is 4.01. The van der Waals surface area contributed by atoms with E-state index in [-0.39, 0.29) is 24.0 Å². The van der Waals surface area contributed by atoms with Crippen LogP contribution in [0.2, 0.25) is 0 Å². The second-order valence-electron chi connectivity index (χ2n) is 8.49. The molecular formula is C25H28N2O3. The Morgan fingerprint density at radius 3 is 2.17 bits per heavy atom. The first-order valence-electron chi connectivity index (χ1n) is 10.4. The van der Waals surface area contributed by atoms with Gasteiger partial charge in [0.1, 0.15) is 5.70 Å². The van der Waals surface area contributed by atoms with E-state index in [1.807, 2.05) is 75.9 Å². The molecule has 0 saturated carbocycles. The largest absolute Gasteiger partial charge is 0.372 e. The lowest BCUT2D eigenvalue weighted by molar-refractivity contribution is -0.121. The molecule has 4 rings (SSSR count). The van der Waals surface area contributed by atoms with Crippen molar-refractivity contribution < 1.29 is 14.3 Å². The van der Waals surface area contributed by atoms with E-state index < -0.39 is 0 Å². The first-order valence-corrected chi connectivity index (χ1v) is 10.4. The number of carbonyl (C=O) groups excluding carboxylic acids is 2. The Morgan fingerprint density at radius 2 is 1.53 bits per heavy atom. The van der Waals surface area contributed by atoms with Crippen LogP contribution in [0, 0.1) is 20.8 Å². The third-order valence-corrected chi connectivity index (χ3v) is 5.71. The highest BCUT2D eigenvalue weighted by atomic mass is 16.5. The molecule has 2 aromatic carbocycles. The van der Waals surface area contributed by atoms with Gasteiger partial charge < -0.3 is 9.64 Å². The Labute approximate surface area is 177 Å². The predicted molar refractivity (Wildman–Crippen MR) is 118 cm³/mol. The van der Waals surface area contributed by atoms with Gasteiger partial charge in [-0.25, -0.2) is 4.90 Å². The summed E-state index contributed by atoms with van der Waals surface area (Å²) in [5, 5.41) is 0. The number of nitrogens with zero attached hydrogens (tertiary/aromatic N) is 2. The Morgan fingerprint density at radius 1 is 0.867 bits per heavy atom. The summed E-state index contributed by atoms with van der Waals surface area (Å²) in [6.45, 7) is 11.1. The van der Waals surface area contributed by atoms with Crippen LogP contribution in [0.3, 0.4) is 0 Å². The van der Waals surface area contributed by atoms with E-state index in [0.29, 0.717) is 30.0 Å². The molecule has 0 bridgehead atoms. The number of hydrogen-bond acceptors (Lipinski definition) is 4. The van der Waals surface area contributed by atoms with Crippen molar-refractivity contribution in [2.45, 2.75) is 46.8 Å². The summed E-state index contributed by atoms with van der Waals surface area (Å²) in [6, 6.07) is 13.5. The second kappa shape index (κ2) is 7.73. The molecule has 1 fully saturated rings. The quantitative estimate of drug-likeness (QED) is 0.726. The molecule has 0 N–H and O–H groups in total. The van der Waals surface area contributed by atoms with Gasteiger partial charge in [-0.05, 0) is 63.4 Å². The molecule has 0 spiro atoms. The topological polar surface area (TPSA) is 49.9 Å². The Kier molecular flexibility index (Phi) is 5.24. The number of imide groups is 1. The average molecular weight is 405 g/mol. The van der Waals surface area contributed by atoms with Crippen molar-refractivity contribution in [1.82, 2.24) is 4.90 Å². The SMILES string of the molecule is Cc1cccc(N2C(=O)C(c3ccc(C)cc3C)=C(N3CC(C)OC(C)C3)C2=O)c1. The average Bonchev–Trinajstić information content (AvgIpc) is 2.91. The van der Waals surface area contributed by atoms with Crippen molar-refractivity contribution in [3.63, 3.8) is 0 Å². The maximum atomic E-state index is 13.7. The zero-order valence-corrected chi connectivity index (χ0v) is 18.2. The lowest BCUT2D eigenvalue weighted by Crippen LogP contribution is -2.47. The minimum Gasteiger partial charge on any atom is -0.372 e. The molecule has 0 aromatic heterocycles. The van der Waals surface area contributed by atoms with Crippen LogP contribution in [0.25, 0.3) is 5.57 Å². The maximum absolute atomic E-state index is 13.7. The number of aryl methyl sites for hydroxylation is 3. The van der Waals surface area contributed by atoms with Gasteiger partial charge in [0.2, 0.25) is 0 Å². The summed E-state index contributed by atoms with van der Waals surface area (Å²) in [6.07, 6.45) is -0.0323. The molecular weight excluding hydrogens is 376 g/mol. The highest BCUT2D eigenvalue weighted by Gasteiger charge is 2.44. The van der Waals surface area contributed by atoms with Crippen molar-refractivity contribution in [2.24, 2.45) is 0 Å². The number of rotatable bonds is 3. The summed E-state index contributed by atoms with van der Waals surface area (Å²) in [4.78, 5) is 30.7. The van der Waals surface area contributed by atoms with Crippen LogP contribution in [0.15, 0.2) is 48.2 Å². The van der Waals surface area contributed by atoms with Crippen LogP contribution in [0.1, 0.15) is 36.1 Å². The number of hydrogen-bond donors (Lipinski definition) is 0. The van der Waals surface area contributed by atoms with E-state index in [0.717, 1.165) is 22.3 Å². The Balaban J connectivity index is 1.88. The van der Waals surface area contributed by atoms with Gasteiger partial charge >= 0.3 is 0 Å². The minimum atomic E-state index is -0.264. The zero-order valence-electron chi connectivity index (χ0n) is 18.2. The van der Waals surface area contributed by atoms with E-state index in [1.54, 1.807) is 0 Å². The van der Waals surface area contributed by atoms with Crippen molar-refractivity contribution in [3.05, 3.63) is 70.4 Å². The van der Waals surface area contributed by atoms with E-state index in [9.17, 15) is 9.59 Å². The first-order chi connectivity index (χ1) is 14.3.